The highest BCUT2D eigenvalue weighted by molar-refractivity contribution is 9.10. The number of H-pyrrole nitrogens is 1. The molecule has 19 heavy (non-hydrogen) atoms. The van der Waals surface area contributed by atoms with Gasteiger partial charge in [-0.05, 0) is 45.7 Å². The van der Waals surface area contributed by atoms with Crippen LogP contribution in [-0.4, -0.2) is 19.9 Å². The third-order valence-corrected chi connectivity index (χ3v) is 3.54. The summed E-state index contributed by atoms with van der Waals surface area (Å²) in [6.07, 6.45) is 3.55. The van der Waals surface area contributed by atoms with Gasteiger partial charge in [0, 0.05) is 16.9 Å². The van der Waals surface area contributed by atoms with E-state index in [0.717, 1.165) is 15.6 Å². The van der Waals surface area contributed by atoms with Gasteiger partial charge in [0.15, 0.2) is 0 Å². The van der Waals surface area contributed by atoms with E-state index in [2.05, 4.69) is 41.2 Å². The van der Waals surface area contributed by atoms with Gasteiger partial charge in [0.2, 0.25) is 5.28 Å². The second-order valence-corrected chi connectivity index (χ2v) is 5.06. The molecule has 5 nitrogen and oxygen atoms in total. The lowest BCUT2D eigenvalue weighted by atomic mass is 10.3. The van der Waals surface area contributed by atoms with Gasteiger partial charge < -0.3 is 10.3 Å². The molecule has 3 aromatic rings. The zero-order chi connectivity index (χ0) is 13.2. The number of aromatic nitrogens is 4. The maximum absolute atomic E-state index is 5.89. The van der Waals surface area contributed by atoms with Crippen LogP contribution in [0.2, 0.25) is 5.28 Å². The van der Waals surface area contributed by atoms with Crippen molar-refractivity contribution in [2.45, 2.75) is 6.54 Å². The van der Waals surface area contributed by atoms with Gasteiger partial charge in [-0.25, -0.2) is 4.98 Å². The van der Waals surface area contributed by atoms with E-state index < -0.39 is 0 Å². The first kappa shape index (κ1) is 12.4. The Kier molecular flexibility index (Phi) is 3.35. The van der Waals surface area contributed by atoms with Crippen molar-refractivity contribution in [1.82, 2.24) is 19.9 Å². The predicted octanol–water partition coefficient (Wildman–Crippen LogP) is 3.38. The van der Waals surface area contributed by atoms with Gasteiger partial charge in [0.1, 0.15) is 11.5 Å². The summed E-state index contributed by atoms with van der Waals surface area (Å²) in [5.74, 6) is 0.689. The minimum absolute atomic E-state index is 0.206. The molecule has 0 fully saturated rings. The molecule has 0 radical (unpaired) electrons. The second kappa shape index (κ2) is 5.14. The quantitative estimate of drug-likeness (QED) is 0.719. The van der Waals surface area contributed by atoms with Gasteiger partial charge in [0.25, 0.3) is 0 Å². The fourth-order valence-corrected chi connectivity index (χ4v) is 2.33. The van der Waals surface area contributed by atoms with Crippen LogP contribution < -0.4 is 5.32 Å². The van der Waals surface area contributed by atoms with Gasteiger partial charge in [-0.15, -0.1) is 0 Å². The highest BCUT2D eigenvalue weighted by Gasteiger charge is 2.08. The average molecular weight is 339 g/mol. The van der Waals surface area contributed by atoms with E-state index in [1.807, 2.05) is 18.2 Å². The van der Waals surface area contributed by atoms with Gasteiger partial charge in [-0.2, -0.15) is 4.98 Å². The van der Waals surface area contributed by atoms with Crippen LogP contribution in [-0.2, 0) is 6.54 Å². The predicted molar refractivity (Wildman–Crippen MR) is 78.2 cm³/mol. The maximum atomic E-state index is 5.89. The molecule has 0 spiro atoms. The maximum Gasteiger partial charge on any atom is 0.226 e. The second-order valence-electron chi connectivity index (χ2n) is 3.87. The summed E-state index contributed by atoms with van der Waals surface area (Å²) >= 11 is 9.35. The Morgan fingerprint density at radius 2 is 2.21 bits per heavy atom. The first-order valence-electron chi connectivity index (χ1n) is 5.58. The molecule has 0 bridgehead atoms. The van der Waals surface area contributed by atoms with Crippen molar-refractivity contribution in [1.29, 1.82) is 0 Å². The van der Waals surface area contributed by atoms with Crippen LogP contribution >= 0.6 is 27.5 Å². The van der Waals surface area contributed by atoms with Gasteiger partial charge >= 0.3 is 0 Å². The van der Waals surface area contributed by atoms with Crippen molar-refractivity contribution in [3.05, 3.63) is 46.0 Å². The summed E-state index contributed by atoms with van der Waals surface area (Å²) in [4.78, 5) is 15.6. The molecule has 0 aliphatic rings. The standard InChI is InChI=1S/C12H9BrClN5/c13-8-2-1-4-15-9(8)6-17-11-7-3-5-16-10(7)18-12(14)19-11/h1-5H,6H2,(H2,16,17,18,19). The number of hydrogen-bond acceptors (Lipinski definition) is 4. The molecule has 3 heterocycles. The largest absolute Gasteiger partial charge is 0.364 e. The van der Waals surface area contributed by atoms with Gasteiger partial charge in [-0.3, -0.25) is 4.98 Å². The summed E-state index contributed by atoms with van der Waals surface area (Å²) in [6, 6.07) is 5.73. The summed E-state index contributed by atoms with van der Waals surface area (Å²) in [5, 5.41) is 4.33. The van der Waals surface area contributed by atoms with E-state index in [9.17, 15) is 0 Å². The Morgan fingerprint density at radius 1 is 1.32 bits per heavy atom. The van der Waals surface area contributed by atoms with Crippen LogP contribution in [0.5, 0.6) is 0 Å². The Balaban J connectivity index is 1.90. The Hall–Kier alpha value is -1.66. The fourth-order valence-electron chi connectivity index (χ4n) is 1.76. The molecule has 0 amide bonds. The molecule has 0 aromatic carbocycles. The minimum Gasteiger partial charge on any atom is -0.364 e. The van der Waals surface area contributed by atoms with Gasteiger partial charge in [-0.1, -0.05) is 0 Å². The van der Waals surface area contributed by atoms with Crippen molar-refractivity contribution < 1.29 is 0 Å². The smallest absolute Gasteiger partial charge is 0.226 e. The SMILES string of the molecule is Clc1nc(NCc2ncccc2Br)c2cc[nH]c2n1. The van der Waals surface area contributed by atoms with Gasteiger partial charge in [0.05, 0.1) is 17.6 Å². The van der Waals surface area contributed by atoms with E-state index >= 15 is 0 Å². The molecule has 0 saturated heterocycles. The zero-order valence-electron chi connectivity index (χ0n) is 9.69. The van der Waals surface area contributed by atoms with E-state index in [1.165, 1.54) is 0 Å². The Bertz CT molecular complexity index is 727. The first-order chi connectivity index (χ1) is 9.24. The van der Waals surface area contributed by atoms with E-state index in [1.54, 1.807) is 12.4 Å². The molecule has 0 saturated carbocycles. The zero-order valence-corrected chi connectivity index (χ0v) is 12.0. The van der Waals surface area contributed by atoms with Crippen molar-refractivity contribution >= 4 is 44.4 Å². The van der Waals surface area contributed by atoms with Crippen molar-refractivity contribution in [2.75, 3.05) is 5.32 Å². The summed E-state index contributed by atoms with van der Waals surface area (Å²) in [7, 11) is 0. The lowest BCUT2D eigenvalue weighted by Gasteiger charge is -2.07. The first-order valence-corrected chi connectivity index (χ1v) is 6.75. The number of rotatable bonds is 3. The van der Waals surface area contributed by atoms with Crippen LogP contribution in [0.25, 0.3) is 11.0 Å². The van der Waals surface area contributed by atoms with Crippen molar-refractivity contribution in [3.63, 3.8) is 0 Å². The molecule has 0 aliphatic carbocycles. The number of hydrogen-bond donors (Lipinski definition) is 2. The van der Waals surface area contributed by atoms with Crippen LogP contribution in [0, 0.1) is 0 Å². The number of halogens is 2. The van der Waals surface area contributed by atoms with Crippen LogP contribution in [0.4, 0.5) is 5.82 Å². The Morgan fingerprint density at radius 3 is 3.05 bits per heavy atom. The molecule has 3 aromatic heterocycles. The van der Waals surface area contributed by atoms with Crippen molar-refractivity contribution in [3.8, 4) is 0 Å². The summed E-state index contributed by atoms with van der Waals surface area (Å²) < 4.78 is 0.952. The lowest BCUT2D eigenvalue weighted by Crippen LogP contribution is -2.05. The molecule has 96 valence electrons. The molecule has 2 N–H and O–H groups in total. The van der Waals surface area contributed by atoms with Crippen molar-refractivity contribution in [2.24, 2.45) is 0 Å². The number of anilines is 1. The highest BCUT2D eigenvalue weighted by atomic mass is 79.9. The molecule has 0 unspecified atom stereocenters. The normalized spacial score (nSPS) is 10.8. The number of nitrogens with zero attached hydrogens (tertiary/aromatic N) is 3. The van der Waals surface area contributed by atoms with E-state index in [4.69, 9.17) is 11.6 Å². The molecule has 0 atom stereocenters. The van der Waals surface area contributed by atoms with Crippen LogP contribution in [0.3, 0.4) is 0 Å². The van der Waals surface area contributed by atoms with Crippen LogP contribution in [0.15, 0.2) is 35.1 Å². The third kappa shape index (κ3) is 2.54. The van der Waals surface area contributed by atoms with E-state index in [-0.39, 0.29) is 5.28 Å². The fraction of sp³-hybridized carbons (Fsp3) is 0.0833. The van der Waals surface area contributed by atoms with Crippen LogP contribution in [0.1, 0.15) is 5.69 Å². The molecule has 3 rings (SSSR count). The van der Waals surface area contributed by atoms with E-state index in [0.29, 0.717) is 18.0 Å². The average Bonchev–Trinajstić information content (AvgIpc) is 2.85. The molecule has 7 heteroatoms. The number of aromatic amines is 1. The topological polar surface area (TPSA) is 66.5 Å². The number of nitrogens with one attached hydrogen (secondary N) is 2. The molecular weight excluding hydrogens is 330 g/mol. The number of pyridine rings is 1. The Labute approximate surface area is 122 Å². The number of fused-ring (bicyclic) bond motifs is 1. The third-order valence-electron chi connectivity index (χ3n) is 2.65. The summed E-state index contributed by atoms with van der Waals surface area (Å²) in [5.41, 5.74) is 1.61. The monoisotopic (exact) mass is 337 g/mol. The summed E-state index contributed by atoms with van der Waals surface area (Å²) in [6.45, 7) is 0.551. The minimum atomic E-state index is 0.206. The highest BCUT2D eigenvalue weighted by Crippen LogP contribution is 2.22. The lowest BCUT2D eigenvalue weighted by molar-refractivity contribution is 1.02. The molecule has 0 aliphatic heterocycles. The molecular formula is C12H9BrClN5.